The van der Waals surface area contributed by atoms with Crippen LogP contribution in [-0.4, -0.2) is 26.3 Å². The third-order valence-electron chi connectivity index (χ3n) is 2.51. The van der Waals surface area contributed by atoms with E-state index in [0.29, 0.717) is 0 Å². The molecule has 0 saturated carbocycles. The Balaban J connectivity index is 2.25. The number of primary amides is 1. The lowest BCUT2D eigenvalue weighted by atomic mass is 10.0. The first-order chi connectivity index (χ1) is 8.66. The molecule has 2 rings (SSSR count). The number of hydrogen-bond acceptors (Lipinski definition) is 5. The van der Waals surface area contributed by atoms with Crippen LogP contribution in [0.1, 0.15) is 17.2 Å². The van der Waals surface area contributed by atoms with Gasteiger partial charge in [0.25, 0.3) is 0 Å². The maximum atomic E-state index is 11.0. The fourth-order valence-corrected chi connectivity index (χ4v) is 1.71. The molecule has 0 fully saturated rings. The highest BCUT2D eigenvalue weighted by molar-refractivity contribution is 5.65. The van der Waals surface area contributed by atoms with Crippen LogP contribution >= 0.6 is 0 Å². The van der Waals surface area contributed by atoms with E-state index in [4.69, 9.17) is 10.5 Å². The first-order valence-corrected chi connectivity index (χ1v) is 5.39. The molecule has 1 heterocycles. The summed E-state index contributed by atoms with van der Waals surface area (Å²) in [7, 11) is 0. The molecule has 0 aliphatic heterocycles. The van der Waals surface area contributed by atoms with Crippen molar-refractivity contribution in [2.45, 2.75) is 19.6 Å². The summed E-state index contributed by atoms with van der Waals surface area (Å²) in [6, 6.07) is 7.59. The zero-order chi connectivity index (χ0) is 13.0. The van der Waals surface area contributed by atoms with Crippen molar-refractivity contribution < 1.29 is 9.53 Å². The normalized spacial score (nSPS) is 12.1. The second-order valence-corrected chi connectivity index (χ2v) is 3.77. The Labute approximate surface area is 104 Å². The van der Waals surface area contributed by atoms with Crippen LogP contribution < -0.4 is 5.73 Å². The van der Waals surface area contributed by atoms with Gasteiger partial charge >= 0.3 is 6.09 Å². The molecule has 94 valence electrons. The van der Waals surface area contributed by atoms with Gasteiger partial charge in [0.05, 0.1) is 0 Å². The Morgan fingerprint density at radius 3 is 2.89 bits per heavy atom. The predicted octanol–water partition coefficient (Wildman–Crippen LogP) is 0.818. The second-order valence-electron chi connectivity index (χ2n) is 3.77. The van der Waals surface area contributed by atoms with E-state index in [2.05, 4.69) is 15.4 Å². The highest BCUT2D eigenvalue weighted by atomic mass is 16.6. The van der Waals surface area contributed by atoms with Crippen LogP contribution in [0.5, 0.6) is 0 Å². The van der Waals surface area contributed by atoms with Gasteiger partial charge < -0.3 is 10.5 Å². The predicted molar refractivity (Wildman–Crippen MR) is 62.4 cm³/mol. The molecule has 1 atom stereocenters. The van der Waals surface area contributed by atoms with E-state index >= 15 is 0 Å². The summed E-state index contributed by atoms with van der Waals surface area (Å²) >= 11 is 0. The number of aromatic nitrogens is 4. The molecule has 2 aromatic rings. The number of nitrogens with zero attached hydrogens (tertiary/aromatic N) is 4. The van der Waals surface area contributed by atoms with E-state index in [1.807, 2.05) is 31.2 Å². The molecule has 1 amide bonds. The molecular weight excluding hydrogens is 234 g/mol. The average Bonchev–Trinajstić information content (AvgIpc) is 2.81. The number of aryl methyl sites for hydroxylation is 1. The van der Waals surface area contributed by atoms with Crippen LogP contribution in [-0.2, 0) is 11.3 Å². The van der Waals surface area contributed by atoms with Gasteiger partial charge in [-0.3, -0.25) is 0 Å². The van der Waals surface area contributed by atoms with Crippen LogP contribution in [0.15, 0.2) is 30.6 Å². The van der Waals surface area contributed by atoms with Crippen molar-refractivity contribution in [2.75, 3.05) is 0 Å². The van der Waals surface area contributed by atoms with Crippen LogP contribution in [0.25, 0.3) is 0 Å². The molecule has 1 aromatic carbocycles. The minimum absolute atomic E-state index is 0.272. The highest BCUT2D eigenvalue weighted by Gasteiger charge is 2.18. The molecule has 0 spiro atoms. The van der Waals surface area contributed by atoms with Crippen LogP contribution in [0.3, 0.4) is 0 Å². The van der Waals surface area contributed by atoms with Crippen molar-refractivity contribution in [3.63, 3.8) is 0 Å². The number of hydrogen-bond donors (Lipinski definition) is 1. The number of ether oxygens (including phenoxy) is 1. The van der Waals surface area contributed by atoms with Gasteiger partial charge in [0.15, 0.2) is 12.4 Å². The molecule has 0 radical (unpaired) electrons. The van der Waals surface area contributed by atoms with Crippen molar-refractivity contribution >= 4 is 6.09 Å². The lowest BCUT2D eigenvalue weighted by Gasteiger charge is -2.17. The third-order valence-corrected chi connectivity index (χ3v) is 2.51. The number of carbonyl (C=O) groups excluding carboxylic acids is 1. The van der Waals surface area contributed by atoms with Gasteiger partial charge in [0, 0.05) is 0 Å². The lowest BCUT2D eigenvalue weighted by molar-refractivity contribution is 0.0897. The van der Waals surface area contributed by atoms with Crippen molar-refractivity contribution in [1.82, 2.24) is 20.2 Å². The zero-order valence-electron chi connectivity index (χ0n) is 9.85. The molecule has 7 nitrogen and oxygen atoms in total. The molecule has 0 bridgehead atoms. The first-order valence-electron chi connectivity index (χ1n) is 5.39. The Kier molecular flexibility index (Phi) is 3.52. The van der Waals surface area contributed by atoms with E-state index in [0.717, 1.165) is 11.1 Å². The highest BCUT2D eigenvalue weighted by Crippen LogP contribution is 2.22. The standard InChI is InChI=1S/C11H13N5O2/c1-8-4-2-3-5-9(8)10(18-11(12)17)6-16-14-7-13-15-16/h2-5,7,10H,6H2,1H3,(H2,12,17). The van der Waals surface area contributed by atoms with E-state index in [-0.39, 0.29) is 6.54 Å². The maximum Gasteiger partial charge on any atom is 0.405 e. The van der Waals surface area contributed by atoms with E-state index < -0.39 is 12.2 Å². The minimum atomic E-state index is -0.830. The van der Waals surface area contributed by atoms with Crippen molar-refractivity contribution in [3.8, 4) is 0 Å². The number of tetrazole rings is 1. The molecule has 0 aliphatic carbocycles. The molecule has 2 N–H and O–H groups in total. The van der Waals surface area contributed by atoms with Gasteiger partial charge in [0.1, 0.15) is 6.54 Å². The number of nitrogens with two attached hydrogens (primary N) is 1. The summed E-state index contributed by atoms with van der Waals surface area (Å²) in [5.74, 6) is 0. The molecular formula is C11H13N5O2. The number of amides is 1. The summed E-state index contributed by atoms with van der Waals surface area (Å²) in [4.78, 5) is 12.3. The SMILES string of the molecule is Cc1ccccc1C(Cn1ncnn1)OC(N)=O. The number of rotatable bonds is 4. The minimum Gasteiger partial charge on any atom is -0.439 e. The van der Waals surface area contributed by atoms with E-state index in [9.17, 15) is 4.79 Å². The van der Waals surface area contributed by atoms with Gasteiger partial charge in [-0.1, -0.05) is 24.3 Å². The van der Waals surface area contributed by atoms with Crippen LogP contribution in [0.4, 0.5) is 4.79 Å². The van der Waals surface area contributed by atoms with Crippen LogP contribution in [0, 0.1) is 6.92 Å². The monoisotopic (exact) mass is 247 g/mol. The first kappa shape index (κ1) is 12.0. The zero-order valence-corrected chi connectivity index (χ0v) is 9.85. The fraction of sp³-hybridized carbons (Fsp3) is 0.273. The summed E-state index contributed by atoms with van der Waals surface area (Å²) < 4.78 is 5.10. The van der Waals surface area contributed by atoms with Crippen molar-refractivity contribution in [3.05, 3.63) is 41.7 Å². The molecule has 0 saturated heterocycles. The fourth-order valence-electron chi connectivity index (χ4n) is 1.71. The van der Waals surface area contributed by atoms with Gasteiger partial charge in [-0.2, -0.15) is 4.80 Å². The maximum absolute atomic E-state index is 11.0. The number of carbonyl (C=O) groups is 1. The van der Waals surface area contributed by atoms with Crippen molar-refractivity contribution in [1.29, 1.82) is 0 Å². The third kappa shape index (κ3) is 2.82. The van der Waals surface area contributed by atoms with Gasteiger partial charge in [-0.15, -0.1) is 10.2 Å². The second kappa shape index (κ2) is 5.26. The van der Waals surface area contributed by atoms with E-state index in [1.54, 1.807) is 0 Å². The summed E-state index contributed by atoms with van der Waals surface area (Å²) in [5, 5.41) is 11.2. The Morgan fingerprint density at radius 2 is 2.28 bits per heavy atom. The summed E-state index contributed by atoms with van der Waals surface area (Å²) in [6.45, 7) is 2.20. The Hall–Kier alpha value is -2.44. The quantitative estimate of drug-likeness (QED) is 0.862. The molecule has 0 aliphatic rings. The molecule has 18 heavy (non-hydrogen) atoms. The van der Waals surface area contributed by atoms with Crippen LogP contribution in [0.2, 0.25) is 0 Å². The number of benzene rings is 1. The Morgan fingerprint density at radius 1 is 1.50 bits per heavy atom. The summed E-state index contributed by atoms with van der Waals surface area (Å²) in [6.07, 6.45) is -0.0413. The average molecular weight is 247 g/mol. The van der Waals surface area contributed by atoms with Gasteiger partial charge in [0.2, 0.25) is 0 Å². The van der Waals surface area contributed by atoms with Gasteiger partial charge in [-0.05, 0) is 23.3 Å². The van der Waals surface area contributed by atoms with Gasteiger partial charge in [-0.25, -0.2) is 4.79 Å². The largest absolute Gasteiger partial charge is 0.439 e. The topological polar surface area (TPSA) is 95.9 Å². The summed E-state index contributed by atoms with van der Waals surface area (Å²) in [5.41, 5.74) is 6.96. The lowest BCUT2D eigenvalue weighted by Crippen LogP contribution is -2.22. The van der Waals surface area contributed by atoms with E-state index in [1.165, 1.54) is 11.1 Å². The smallest absolute Gasteiger partial charge is 0.405 e. The Bertz CT molecular complexity index is 526. The molecule has 7 heteroatoms. The molecule has 1 aromatic heterocycles. The van der Waals surface area contributed by atoms with Crippen molar-refractivity contribution in [2.24, 2.45) is 5.73 Å². The molecule has 1 unspecified atom stereocenters.